The number of benzene rings is 3. The molecule has 142 valence electrons. The second-order valence-electron chi connectivity index (χ2n) is 6.67. The minimum Gasteiger partial charge on any atom is -0.493 e. The molecule has 0 saturated heterocycles. The van der Waals surface area contributed by atoms with Crippen LogP contribution < -0.4 is 14.8 Å². The fourth-order valence-corrected chi connectivity index (χ4v) is 3.49. The first kappa shape index (κ1) is 17.9. The van der Waals surface area contributed by atoms with Gasteiger partial charge in [0.25, 0.3) is 0 Å². The number of hydrogen-bond acceptors (Lipinski definition) is 4. The smallest absolute Gasteiger partial charge is 0.228 e. The van der Waals surface area contributed by atoms with E-state index in [9.17, 15) is 4.79 Å². The highest BCUT2D eigenvalue weighted by Gasteiger charge is 2.15. The summed E-state index contributed by atoms with van der Waals surface area (Å²) in [5.41, 5.74) is 3.24. The zero-order valence-electron chi connectivity index (χ0n) is 16.0. The van der Waals surface area contributed by atoms with Gasteiger partial charge in [-0.1, -0.05) is 30.3 Å². The summed E-state index contributed by atoms with van der Waals surface area (Å²) in [6, 6.07) is 15.7. The van der Waals surface area contributed by atoms with Crippen LogP contribution >= 0.6 is 0 Å². The first-order valence-corrected chi connectivity index (χ1v) is 9.01. The van der Waals surface area contributed by atoms with Crippen LogP contribution in [-0.2, 0) is 11.2 Å². The topological polar surface area (TPSA) is 60.7 Å². The molecule has 1 aromatic heterocycles. The van der Waals surface area contributed by atoms with Crippen LogP contribution in [0.2, 0.25) is 0 Å². The Bertz CT molecular complexity index is 1180. The van der Waals surface area contributed by atoms with Crippen LogP contribution in [0.4, 0.5) is 5.69 Å². The molecule has 4 aromatic rings. The lowest BCUT2D eigenvalue weighted by Gasteiger charge is -2.13. The fourth-order valence-electron chi connectivity index (χ4n) is 3.49. The molecule has 1 heterocycles. The molecule has 0 aliphatic carbocycles. The van der Waals surface area contributed by atoms with Crippen molar-refractivity contribution in [2.45, 2.75) is 13.3 Å². The van der Waals surface area contributed by atoms with Gasteiger partial charge in [-0.2, -0.15) is 0 Å². The zero-order chi connectivity index (χ0) is 19.7. The number of rotatable bonds is 5. The Morgan fingerprint density at radius 2 is 1.79 bits per heavy atom. The number of anilines is 1. The second-order valence-corrected chi connectivity index (χ2v) is 6.67. The minimum atomic E-state index is -0.119. The normalized spacial score (nSPS) is 11.0. The molecule has 5 nitrogen and oxygen atoms in total. The predicted molar refractivity (Wildman–Crippen MR) is 110 cm³/mol. The monoisotopic (exact) mass is 375 g/mol. The van der Waals surface area contributed by atoms with Crippen LogP contribution in [0.5, 0.6) is 11.5 Å². The molecule has 0 spiro atoms. The van der Waals surface area contributed by atoms with Crippen molar-refractivity contribution >= 4 is 33.3 Å². The fraction of sp³-hybridized carbons (Fsp3) is 0.174. The van der Waals surface area contributed by atoms with Crippen LogP contribution in [0.1, 0.15) is 11.1 Å². The zero-order valence-corrected chi connectivity index (χ0v) is 16.0. The molecular weight excluding hydrogens is 354 g/mol. The quantitative estimate of drug-likeness (QED) is 0.528. The van der Waals surface area contributed by atoms with E-state index in [-0.39, 0.29) is 12.3 Å². The number of aryl methyl sites for hydroxylation is 1. The van der Waals surface area contributed by atoms with E-state index in [1.807, 2.05) is 43.3 Å². The van der Waals surface area contributed by atoms with Gasteiger partial charge in [0.05, 0.1) is 26.9 Å². The molecule has 0 aliphatic rings. The number of hydrogen-bond donors (Lipinski definition) is 1. The van der Waals surface area contributed by atoms with Crippen molar-refractivity contribution in [2.75, 3.05) is 19.5 Å². The molecular formula is C23H21NO4. The lowest BCUT2D eigenvalue weighted by atomic mass is 10.0. The Hall–Kier alpha value is -3.47. The van der Waals surface area contributed by atoms with Crippen molar-refractivity contribution in [1.82, 2.24) is 0 Å². The number of carbonyl (C=O) groups excluding carboxylic acids is 1. The number of fused-ring (bicyclic) bond motifs is 3. The summed E-state index contributed by atoms with van der Waals surface area (Å²) in [5, 5.41) is 6.16. The van der Waals surface area contributed by atoms with Crippen LogP contribution in [0.3, 0.4) is 0 Å². The molecule has 0 bridgehead atoms. The van der Waals surface area contributed by atoms with Crippen molar-refractivity contribution in [3.05, 3.63) is 65.9 Å². The molecule has 0 fully saturated rings. The summed E-state index contributed by atoms with van der Waals surface area (Å²) in [6.07, 6.45) is 1.88. The Balaban J connectivity index is 1.64. The van der Waals surface area contributed by atoms with Gasteiger partial charge < -0.3 is 19.2 Å². The largest absolute Gasteiger partial charge is 0.493 e. The standard InChI is InChI=1S/C23H21NO4/c1-14-10-20(26-2)21(27-3)12-18(14)24-22(25)11-16-13-28-19-9-8-15-6-4-5-7-17(15)23(16)19/h4-10,12-13H,11H2,1-3H3,(H,24,25). The third-order valence-electron chi connectivity index (χ3n) is 4.90. The van der Waals surface area contributed by atoms with Gasteiger partial charge in [0.2, 0.25) is 5.91 Å². The number of nitrogens with one attached hydrogen (secondary N) is 1. The van der Waals surface area contributed by atoms with Crippen molar-refractivity contribution in [1.29, 1.82) is 0 Å². The van der Waals surface area contributed by atoms with E-state index in [1.165, 1.54) is 0 Å². The predicted octanol–water partition coefficient (Wildman–Crippen LogP) is 5.09. The Labute approximate surface area is 162 Å². The number of methoxy groups -OCH3 is 2. The van der Waals surface area contributed by atoms with E-state index in [2.05, 4.69) is 11.4 Å². The molecule has 0 saturated carbocycles. The molecule has 1 amide bonds. The summed E-state index contributed by atoms with van der Waals surface area (Å²) in [4.78, 5) is 12.7. The van der Waals surface area contributed by atoms with Crippen LogP contribution in [0, 0.1) is 6.92 Å². The van der Waals surface area contributed by atoms with E-state index in [4.69, 9.17) is 13.9 Å². The van der Waals surface area contributed by atoms with Crippen LogP contribution in [-0.4, -0.2) is 20.1 Å². The molecule has 0 radical (unpaired) electrons. The SMILES string of the molecule is COc1cc(C)c(NC(=O)Cc2coc3ccc4ccccc4c23)cc1OC. The van der Waals surface area contributed by atoms with Crippen molar-refractivity contribution in [3.8, 4) is 11.5 Å². The Morgan fingerprint density at radius 1 is 1.04 bits per heavy atom. The highest BCUT2D eigenvalue weighted by atomic mass is 16.5. The van der Waals surface area contributed by atoms with E-state index >= 15 is 0 Å². The molecule has 1 N–H and O–H groups in total. The van der Waals surface area contributed by atoms with Crippen LogP contribution in [0.25, 0.3) is 21.7 Å². The van der Waals surface area contributed by atoms with Crippen molar-refractivity contribution in [3.63, 3.8) is 0 Å². The van der Waals surface area contributed by atoms with Gasteiger partial charge in [-0.3, -0.25) is 4.79 Å². The van der Waals surface area contributed by atoms with Crippen LogP contribution in [0.15, 0.2) is 59.2 Å². The van der Waals surface area contributed by atoms with Gasteiger partial charge in [-0.25, -0.2) is 0 Å². The third-order valence-corrected chi connectivity index (χ3v) is 4.90. The Kier molecular flexibility index (Phi) is 4.65. The highest BCUT2D eigenvalue weighted by Crippen LogP contribution is 2.33. The van der Waals surface area contributed by atoms with Gasteiger partial charge in [0.1, 0.15) is 5.58 Å². The van der Waals surface area contributed by atoms with Gasteiger partial charge >= 0.3 is 0 Å². The molecule has 5 heteroatoms. The summed E-state index contributed by atoms with van der Waals surface area (Å²) < 4.78 is 16.3. The lowest BCUT2D eigenvalue weighted by Crippen LogP contribution is -2.15. The van der Waals surface area contributed by atoms with E-state index in [0.29, 0.717) is 17.2 Å². The van der Waals surface area contributed by atoms with Gasteiger partial charge in [-0.05, 0) is 35.4 Å². The number of amides is 1. The number of carbonyl (C=O) groups is 1. The summed E-state index contributed by atoms with van der Waals surface area (Å²) in [6.45, 7) is 1.92. The Morgan fingerprint density at radius 3 is 2.57 bits per heavy atom. The first-order valence-electron chi connectivity index (χ1n) is 9.01. The van der Waals surface area contributed by atoms with Gasteiger partial charge in [-0.15, -0.1) is 0 Å². The molecule has 0 atom stereocenters. The average molecular weight is 375 g/mol. The second kappa shape index (κ2) is 7.27. The third kappa shape index (κ3) is 3.16. The van der Waals surface area contributed by atoms with Gasteiger partial charge in [0, 0.05) is 22.7 Å². The first-order chi connectivity index (χ1) is 13.6. The van der Waals surface area contributed by atoms with Gasteiger partial charge in [0.15, 0.2) is 11.5 Å². The maximum atomic E-state index is 12.7. The number of furan rings is 1. The molecule has 4 rings (SSSR count). The summed E-state index contributed by atoms with van der Waals surface area (Å²) >= 11 is 0. The van der Waals surface area contributed by atoms with E-state index < -0.39 is 0 Å². The maximum Gasteiger partial charge on any atom is 0.228 e. The van der Waals surface area contributed by atoms with Crippen molar-refractivity contribution in [2.24, 2.45) is 0 Å². The summed E-state index contributed by atoms with van der Waals surface area (Å²) in [7, 11) is 3.16. The average Bonchev–Trinajstić information content (AvgIpc) is 3.12. The molecule has 3 aromatic carbocycles. The number of ether oxygens (including phenoxy) is 2. The lowest BCUT2D eigenvalue weighted by molar-refractivity contribution is -0.115. The molecule has 28 heavy (non-hydrogen) atoms. The summed E-state index contributed by atoms with van der Waals surface area (Å²) in [5.74, 6) is 1.08. The molecule has 0 aliphatic heterocycles. The van der Waals surface area contributed by atoms with E-state index in [0.717, 1.165) is 32.9 Å². The highest BCUT2D eigenvalue weighted by molar-refractivity contribution is 6.09. The molecule has 0 unspecified atom stereocenters. The van der Waals surface area contributed by atoms with E-state index in [1.54, 1.807) is 26.5 Å². The van der Waals surface area contributed by atoms with Crippen molar-refractivity contribution < 1.29 is 18.7 Å². The maximum absolute atomic E-state index is 12.7. The minimum absolute atomic E-state index is 0.119.